The lowest BCUT2D eigenvalue weighted by atomic mass is 9.99. The van der Waals surface area contributed by atoms with Crippen molar-refractivity contribution in [1.82, 2.24) is 20.2 Å². The van der Waals surface area contributed by atoms with Gasteiger partial charge in [-0.15, -0.1) is 0 Å². The number of likely N-dealkylation sites (tertiary alicyclic amines) is 1. The second-order valence-corrected chi connectivity index (χ2v) is 6.72. The Hall–Kier alpha value is -3.18. The van der Waals surface area contributed by atoms with Gasteiger partial charge in [0.1, 0.15) is 6.07 Å². The average molecular weight is 383 g/mol. The number of rotatable bonds is 8. The molecule has 0 unspecified atom stereocenters. The van der Waals surface area contributed by atoms with Gasteiger partial charge in [-0.05, 0) is 43.5 Å². The number of carboxylic acid groups (broad SMARTS) is 1. The van der Waals surface area contributed by atoms with Crippen molar-refractivity contribution in [2.45, 2.75) is 19.8 Å². The summed E-state index contributed by atoms with van der Waals surface area (Å²) in [5, 5.41) is 20.2. The summed E-state index contributed by atoms with van der Waals surface area (Å²) in [6, 6.07) is 1.85. The molecule has 1 aromatic rings. The zero-order valence-electron chi connectivity index (χ0n) is 15.9. The Kier molecular flexibility index (Phi) is 8.18. The van der Waals surface area contributed by atoms with E-state index < -0.39 is 11.9 Å². The Bertz CT molecular complexity index is 808. The van der Waals surface area contributed by atoms with E-state index in [4.69, 9.17) is 10.4 Å². The number of amides is 1. The molecule has 8 heteroatoms. The van der Waals surface area contributed by atoms with Crippen LogP contribution in [0.3, 0.4) is 0 Å². The molecule has 1 aliphatic rings. The first-order chi connectivity index (χ1) is 13.5. The van der Waals surface area contributed by atoms with E-state index in [9.17, 15) is 9.59 Å². The van der Waals surface area contributed by atoms with E-state index >= 15 is 0 Å². The van der Waals surface area contributed by atoms with E-state index in [-0.39, 0.29) is 18.1 Å². The average Bonchev–Trinajstić information content (AvgIpc) is 3.17. The largest absolute Gasteiger partial charge is 0.478 e. The number of imidazole rings is 1. The van der Waals surface area contributed by atoms with Gasteiger partial charge in [-0.25, -0.2) is 9.78 Å². The fourth-order valence-electron chi connectivity index (χ4n) is 2.76. The number of carbonyl (C=O) groups is 2. The van der Waals surface area contributed by atoms with Crippen LogP contribution in [0.15, 0.2) is 42.2 Å². The number of hydrogen-bond donors (Lipinski definition) is 3. The van der Waals surface area contributed by atoms with Crippen LogP contribution in [-0.4, -0.2) is 58.0 Å². The molecule has 1 fully saturated rings. The first-order valence-corrected chi connectivity index (χ1v) is 9.21. The number of nitrogens with one attached hydrogen (secondary N) is 2. The second-order valence-electron chi connectivity index (χ2n) is 6.72. The quantitative estimate of drug-likeness (QED) is 0.465. The Morgan fingerprint density at radius 2 is 2.14 bits per heavy atom. The van der Waals surface area contributed by atoms with Crippen LogP contribution in [0, 0.1) is 17.2 Å². The maximum atomic E-state index is 11.9. The molecule has 28 heavy (non-hydrogen) atoms. The highest BCUT2D eigenvalue weighted by Gasteiger charge is 2.14. The van der Waals surface area contributed by atoms with Gasteiger partial charge in [-0.1, -0.05) is 25.2 Å². The van der Waals surface area contributed by atoms with Crippen molar-refractivity contribution in [2.24, 2.45) is 5.92 Å². The highest BCUT2D eigenvalue weighted by atomic mass is 16.4. The van der Waals surface area contributed by atoms with Crippen molar-refractivity contribution in [2.75, 3.05) is 26.2 Å². The first kappa shape index (κ1) is 21.1. The van der Waals surface area contributed by atoms with Crippen molar-refractivity contribution in [3.05, 3.63) is 53.7 Å². The molecule has 0 aliphatic carbocycles. The van der Waals surface area contributed by atoms with Gasteiger partial charge in [-0.3, -0.25) is 9.69 Å². The second kappa shape index (κ2) is 10.8. The minimum Gasteiger partial charge on any atom is -0.478 e. The van der Waals surface area contributed by atoms with E-state index in [0.717, 1.165) is 37.2 Å². The molecule has 2 heterocycles. The summed E-state index contributed by atoms with van der Waals surface area (Å²) in [6.07, 6.45) is 11.9. The maximum absolute atomic E-state index is 11.9. The van der Waals surface area contributed by atoms with Crippen molar-refractivity contribution in [3.8, 4) is 6.07 Å². The number of aliphatic carboxylic acids is 1. The Morgan fingerprint density at radius 1 is 1.39 bits per heavy atom. The number of carboxylic acids is 1. The molecule has 1 saturated heterocycles. The number of allylic oxidation sites excluding steroid dienone is 3. The Morgan fingerprint density at radius 3 is 2.79 bits per heavy atom. The smallest absolute Gasteiger partial charge is 0.328 e. The number of aromatic amines is 1. The van der Waals surface area contributed by atoms with Crippen LogP contribution in [0.4, 0.5) is 0 Å². The van der Waals surface area contributed by atoms with Crippen LogP contribution in [-0.2, 0) is 4.79 Å². The molecule has 3 N–H and O–H groups in total. The summed E-state index contributed by atoms with van der Waals surface area (Å²) in [4.78, 5) is 31.5. The van der Waals surface area contributed by atoms with Gasteiger partial charge < -0.3 is 15.4 Å². The molecule has 0 aromatic carbocycles. The molecular formula is C20H25N5O3. The van der Waals surface area contributed by atoms with Crippen LogP contribution < -0.4 is 5.32 Å². The molecule has 2 rings (SSSR count). The summed E-state index contributed by atoms with van der Waals surface area (Å²) < 4.78 is 0. The molecule has 0 saturated carbocycles. The van der Waals surface area contributed by atoms with Gasteiger partial charge in [-0.2, -0.15) is 5.26 Å². The summed E-state index contributed by atoms with van der Waals surface area (Å²) in [7, 11) is 0. The predicted molar refractivity (Wildman–Crippen MR) is 104 cm³/mol. The van der Waals surface area contributed by atoms with Gasteiger partial charge in [0.05, 0.1) is 0 Å². The van der Waals surface area contributed by atoms with E-state index in [1.807, 2.05) is 12.1 Å². The number of H-pyrrole nitrogens is 1. The van der Waals surface area contributed by atoms with Crippen molar-refractivity contribution in [1.29, 1.82) is 5.26 Å². The minimum atomic E-state index is -1.01. The van der Waals surface area contributed by atoms with Gasteiger partial charge >= 0.3 is 5.97 Å². The molecule has 0 spiro atoms. The highest BCUT2D eigenvalue weighted by Crippen LogP contribution is 2.16. The summed E-state index contributed by atoms with van der Waals surface area (Å²) in [5.74, 6) is -0.593. The van der Waals surface area contributed by atoms with E-state index in [0.29, 0.717) is 0 Å². The summed E-state index contributed by atoms with van der Waals surface area (Å²) in [6.45, 7) is 5.35. The van der Waals surface area contributed by atoms with Crippen molar-refractivity contribution < 1.29 is 14.7 Å². The van der Waals surface area contributed by atoms with E-state index in [2.05, 4.69) is 27.1 Å². The monoisotopic (exact) mass is 383 g/mol. The zero-order valence-corrected chi connectivity index (χ0v) is 15.9. The maximum Gasteiger partial charge on any atom is 0.328 e. The fourth-order valence-corrected chi connectivity index (χ4v) is 2.76. The molecule has 8 nitrogen and oxygen atoms in total. The number of piperidine rings is 1. The van der Waals surface area contributed by atoms with Crippen LogP contribution >= 0.6 is 0 Å². The standard InChI is InChI=1S/C20H25N5O3/c1-15-6-10-25(11-7-15)12-8-16(4-5-18(26)27)3-2-9-22-20(28)19-23-14-17(13-21)24-19/h2-5,8,14-15H,6-7,9-12H2,1H3,(H,22,28)(H,23,24)(H,26,27)/b3-2-,5-4+,16-8+. The number of aromatic nitrogens is 2. The topological polar surface area (TPSA) is 122 Å². The molecule has 0 radical (unpaired) electrons. The fraction of sp³-hybridized carbons (Fsp3) is 0.400. The van der Waals surface area contributed by atoms with E-state index in [1.54, 1.807) is 18.2 Å². The van der Waals surface area contributed by atoms with Crippen LogP contribution in [0.25, 0.3) is 0 Å². The number of carbonyl (C=O) groups excluding carboxylic acids is 1. The third kappa shape index (κ3) is 7.21. The van der Waals surface area contributed by atoms with Gasteiger partial charge in [0.25, 0.3) is 5.91 Å². The van der Waals surface area contributed by atoms with Gasteiger partial charge in [0.15, 0.2) is 11.5 Å². The number of hydrogen-bond acceptors (Lipinski definition) is 5. The summed E-state index contributed by atoms with van der Waals surface area (Å²) in [5.41, 5.74) is 0.914. The molecule has 148 valence electrons. The predicted octanol–water partition coefficient (Wildman–Crippen LogP) is 1.87. The van der Waals surface area contributed by atoms with E-state index in [1.165, 1.54) is 19.0 Å². The summed E-state index contributed by atoms with van der Waals surface area (Å²) >= 11 is 0. The van der Waals surface area contributed by atoms with Crippen LogP contribution in [0.1, 0.15) is 36.1 Å². The Labute approximate surface area is 164 Å². The highest BCUT2D eigenvalue weighted by molar-refractivity contribution is 5.90. The SMILES string of the molecule is CC1CCN(C/C=C(\C=C/CNC(=O)c2nc(C#N)c[nH]2)/C=C/C(=O)O)CC1. The number of nitrogens with zero attached hydrogens (tertiary/aromatic N) is 3. The molecule has 1 amide bonds. The van der Waals surface area contributed by atoms with Gasteiger partial charge in [0.2, 0.25) is 0 Å². The Balaban J connectivity index is 1.89. The van der Waals surface area contributed by atoms with Gasteiger partial charge in [0, 0.05) is 25.4 Å². The molecule has 1 aliphatic heterocycles. The normalized spacial score (nSPS) is 16.5. The molecule has 0 bridgehead atoms. The van der Waals surface area contributed by atoms with Crippen molar-refractivity contribution >= 4 is 11.9 Å². The lowest BCUT2D eigenvalue weighted by Crippen LogP contribution is -2.33. The molecular weight excluding hydrogens is 358 g/mol. The molecule has 0 atom stereocenters. The van der Waals surface area contributed by atoms with Crippen LogP contribution in [0.5, 0.6) is 0 Å². The van der Waals surface area contributed by atoms with Crippen LogP contribution in [0.2, 0.25) is 0 Å². The number of nitriles is 1. The lowest BCUT2D eigenvalue weighted by molar-refractivity contribution is -0.131. The minimum absolute atomic E-state index is 0.0748. The third-order valence-corrected chi connectivity index (χ3v) is 4.48. The third-order valence-electron chi connectivity index (χ3n) is 4.48. The van der Waals surface area contributed by atoms with Crippen molar-refractivity contribution in [3.63, 3.8) is 0 Å². The molecule has 1 aromatic heterocycles. The zero-order chi connectivity index (χ0) is 20.4. The lowest BCUT2D eigenvalue weighted by Gasteiger charge is -2.29. The first-order valence-electron chi connectivity index (χ1n) is 9.21.